The quantitative estimate of drug-likeness (QED) is 0.573. The number of amides is 2. The molecule has 0 saturated carbocycles. The van der Waals surface area contributed by atoms with Crippen molar-refractivity contribution in [2.45, 2.75) is 31.6 Å². The summed E-state index contributed by atoms with van der Waals surface area (Å²) >= 11 is 0. The normalized spacial score (nSPS) is 17.3. The lowest BCUT2D eigenvalue weighted by Gasteiger charge is -2.23. The van der Waals surface area contributed by atoms with Crippen LogP contribution in [0.5, 0.6) is 11.8 Å². The molecule has 1 atom stereocenters. The Morgan fingerprint density at radius 3 is 2.80 bits per heavy atom. The Morgan fingerprint density at radius 2 is 2.03 bits per heavy atom. The molecular formula is C23H27N7O5. The van der Waals surface area contributed by atoms with Crippen LogP contribution < -0.4 is 14.8 Å². The summed E-state index contributed by atoms with van der Waals surface area (Å²) in [5.41, 5.74) is 0.830. The van der Waals surface area contributed by atoms with Crippen LogP contribution in [-0.4, -0.2) is 75.7 Å². The SMILES string of the molecule is COc1ccc(C(=O)N2CCCC(c3nc(-c4cnccn4)no3)CCNC(=O)CC2)c(OC)n1. The standard InChI is InChI=1S/C23H27N7O5/c1-33-19-6-5-16(22(27-19)34-2)23(32)30-12-3-4-15(7-9-26-18(31)8-13-30)21-28-20(29-35-21)17-14-24-10-11-25-17/h5-6,10-11,14-15H,3-4,7-9,12-13H2,1-2H3,(H,26,31). The highest BCUT2D eigenvalue weighted by atomic mass is 16.5. The maximum Gasteiger partial charge on any atom is 0.259 e. The minimum Gasteiger partial charge on any atom is -0.481 e. The topological polar surface area (TPSA) is 145 Å². The summed E-state index contributed by atoms with van der Waals surface area (Å²) < 4.78 is 15.9. The van der Waals surface area contributed by atoms with Crippen LogP contribution in [0.25, 0.3) is 11.5 Å². The van der Waals surface area contributed by atoms with E-state index in [1.165, 1.54) is 14.2 Å². The van der Waals surface area contributed by atoms with Crippen molar-refractivity contribution < 1.29 is 23.6 Å². The number of aromatic nitrogens is 5. The second-order valence-corrected chi connectivity index (χ2v) is 7.98. The van der Waals surface area contributed by atoms with Gasteiger partial charge in [-0.1, -0.05) is 5.16 Å². The van der Waals surface area contributed by atoms with E-state index < -0.39 is 0 Å². The Bertz CT molecular complexity index is 1150. The smallest absolute Gasteiger partial charge is 0.259 e. The van der Waals surface area contributed by atoms with Gasteiger partial charge in [-0.2, -0.15) is 9.97 Å². The molecule has 1 aliphatic rings. The van der Waals surface area contributed by atoms with Crippen LogP contribution in [0.4, 0.5) is 0 Å². The fourth-order valence-electron chi connectivity index (χ4n) is 3.89. The van der Waals surface area contributed by atoms with Crippen molar-refractivity contribution in [3.05, 3.63) is 42.2 Å². The first-order chi connectivity index (χ1) is 17.1. The summed E-state index contributed by atoms with van der Waals surface area (Å²) in [5.74, 6) is 0.880. The summed E-state index contributed by atoms with van der Waals surface area (Å²) in [6.07, 6.45) is 6.91. The van der Waals surface area contributed by atoms with Crippen molar-refractivity contribution in [3.63, 3.8) is 0 Å². The average molecular weight is 482 g/mol. The van der Waals surface area contributed by atoms with Gasteiger partial charge in [0, 0.05) is 50.4 Å². The lowest BCUT2D eigenvalue weighted by molar-refractivity contribution is -0.121. The first kappa shape index (κ1) is 24.0. The van der Waals surface area contributed by atoms with E-state index in [9.17, 15) is 9.59 Å². The number of nitrogens with one attached hydrogen (secondary N) is 1. The molecule has 2 amide bonds. The van der Waals surface area contributed by atoms with Crippen LogP contribution in [-0.2, 0) is 4.79 Å². The zero-order valence-electron chi connectivity index (χ0n) is 19.6. The van der Waals surface area contributed by atoms with Gasteiger partial charge in [0.1, 0.15) is 11.3 Å². The van der Waals surface area contributed by atoms with Gasteiger partial charge in [0.05, 0.1) is 20.4 Å². The Balaban J connectivity index is 1.50. The van der Waals surface area contributed by atoms with E-state index in [1.807, 2.05) is 0 Å². The van der Waals surface area contributed by atoms with E-state index in [1.54, 1.807) is 35.6 Å². The molecule has 1 fully saturated rings. The van der Waals surface area contributed by atoms with E-state index in [4.69, 9.17) is 14.0 Å². The third kappa shape index (κ3) is 5.89. The van der Waals surface area contributed by atoms with E-state index in [-0.39, 0.29) is 36.6 Å². The van der Waals surface area contributed by atoms with Crippen molar-refractivity contribution >= 4 is 11.8 Å². The van der Waals surface area contributed by atoms with Crippen LogP contribution in [0.1, 0.15) is 47.8 Å². The van der Waals surface area contributed by atoms with Crippen molar-refractivity contribution in [2.24, 2.45) is 0 Å². The molecule has 0 spiro atoms. The van der Waals surface area contributed by atoms with Gasteiger partial charge >= 0.3 is 0 Å². The molecular weight excluding hydrogens is 454 g/mol. The van der Waals surface area contributed by atoms with Crippen LogP contribution in [0.3, 0.4) is 0 Å². The summed E-state index contributed by atoms with van der Waals surface area (Å²) in [4.78, 5) is 44.3. The maximum absolute atomic E-state index is 13.3. The molecule has 0 radical (unpaired) electrons. The van der Waals surface area contributed by atoms with Gasteiger partial charge < -0.3 is 24.2 Å². The van der Waals surface area contributed by atoms with Crippen molar-refractivity contribution in [1.82, 2.24) is 35.3 Å². The van der Waals surface area contributed by atoms with Gasteiger partial charge in [0.15, 0.2) is 0 Å². The molecule has 3 aromatic rings. The van der Waals surface area contributed by atoms with Gasteiger partial charge in [-0.05, 0) is 25.3 Å². The molecule has 12 nitrogen and oxygen atoms in total. The van der Waals surface area contributed by atoms with Crippen molar-refractivity contribution in [2.75, 3.05) is 33.9 Å². The Morgan fingerprint density at radius 1 is 1.14 bits per heavy atom. The lowest BCUT2D eigenvalue weighted by atomic mass is 9.99. The number of carbonyl (C=O) groups excluding carboxylic acids is 2. The highest BCUT2D eigenvalue weighted by Crippen LogP contribution is 2.27. The third-order valence-electron chi connectivity index (χ3n) is 5.74. The second kappa shape index (κ2) is 11.4. The second-order valence-electron chi connectivity index (χ2n) is 7.98. The number of pyridine rings is 1. The third-order valence-corrected chi connectivity index (χ3v) is 5.74. The zero-order chi connectivity index (χ0) is 24.6. The Kier molecular flexibility index (Phi) is 7.81. The molecule has 4 rings (SSSR count). The van der Waals surface area contributed by atoms with Gasteiger partial charge in [-0.15, -0.1) is 0 Å². The van der Waals surface area contributed by atoms with E-state index in [0.717, 1.165) is 0 Å². The predicted octanol–water partition coefficient (Wildman–Crippen LogP) is 1.85. The molecule has 1 aliphatic heterocycles. The zero-order valence-corrected chi connectivity index (χ0v) is 19.6. The Hall–Kier alpha value is -4.09. The highest BCUT2D eigenvalue weighted by molar-refractivity contribution is 5.96. The minimum absolute atomic E-state index is 0.0829. The van der Waals surface area contributed by atoms with E-state index in [0.29, 0.717) is 61.2 Å². The minimum atomic E-state index is -0.261. The molecule has 184 valence electrons. The molecule has 12 heteroatoms. The van der Waals surface area contributed by atoms with Crippen LogP contribution in [0.2, 0.25) is 0 Å². The number of carbonyl (C=O) groups is 2. The first-order valence-corrected chi connectivity index (χ1v) is 11.3. The van der Waals surface area contributed by atoms with Gasteiger partial charge in [0.2, 0.25) is 29.4 Å². The largest absolute Gasteiger partial charge is 0.481 e. The molecule has 1 saturated heterocycles. The number of rotatable bonds is 5. The van der Waals surface area contributed by atoms with E-state index >= 15 is 0 Å². The number of hydrogen-bond donors (Lipinski definition) is 1. The number of ether oxygens (including phenoxy) is 2. The van der Waals surface area contributed by atoms with Gasteiger partial charge in [0.25, 0.3) is 5.91 Å². The molecule has 1 unspecified atom stereocenters. The maximum atomic E-state index is 13.3. The van der Waals surface area contributed by atoms with Gasteiger partial charge in [-0.25, -0.2) is 4.98 Å². The van der Waals surface area contributed by atoms with E-state index in [2.05, 4.69) is 30.4 Å². The number of nitrogens with zero attached hydrogens (tertiary/aromatic N) is 6. The van der Waals surface area contributed by atoms with Gasteiger partial charge in [-0.3, -0.25) is 14.6 Å². The lowest BCUT2D eigenvalue weighted by Crippen LogP contribution is -2.36. The van der Waals surface area contributed by atoms with Crippen molar-refractivity contribution in [3.8, 4) is 23.3 Å². The fourth-order valence-corrected chi connectivity index (χ4v) is 3.89. The molecule has 0 aliphatic carbocycles. The predicted molar refractivity (Wildman–Crippen MR) is 123 cm³/mol. The van der Waals surface area contributed by atoms with Crippen LogP contribution >= 0.6 is 0 Å². The average Bonchev–Trinajstić information content (AvgIpc) is 3.38. The summed E-state index contributed by atoms with van der Waals surface area (Å²) in [5, 5.41) is 6.95. The molecule has 3 aromatic heterocycles. The molecule has 4 heterocycles. The molecule has 0 aromatic carbocycles. The molecule has 35 heavy (non-hydrogen) atoms. The summed E-state index contributed by atoms with van der Waals surface area (Å²) in [6, 6.07) is 3.22. The Labute approximate surface area is 202 Å². The van der Waals surface area contributed by atoms with Crippen LogP contribution in [0.15, 0.2) is 35.2 Å². The molecule has 0 bridgehead atoms. The summed E-state index contributed by atoms with van der Waals surface area (Å²) in [6.45, 7) is 1.20. The number of methoxy groups -OCH3 is 2. The highest BCUT2D eigenvalue weighted by Gasteiger charge is 2.25. The number of hydrogen-bond acceptors (Lipinski definition) is 10. The summed E-state index contributed by atoms with van der Waals surface area (Å²) in [7, 11) is 2.94. The van der Waals surface area contributed by atoms with Crippen LogP contribution in [0, 0.1) is 0 Å². The fraction of sp³-hybridized carbons (Fsp3) is 0.435. The van der Waals surface area contributed by atoms with Crippen molar-refractivity contribution in [1.29, 1.82) is 0 Å². The monoisotopic (exact) mass is 481 g/mol. The molecule has 1 N–H and O–H groups in total. The first-order valence-electron chi connectivity index (χ1n) is 11.3.